The maximum Gasteiger partial charge on any atom is 0.283 e. The summed E-state index contributed by atoms with van der Waals surface area (Å²) < 4.78 is 5.37. The fourth-order valence-electron chi connectivity index (χ4n) is 1.86. The van der Waals surface area contributed by atoms with Crippen LogP contribution in [0.1, 0.15) is 23.0 Å². The number of aliphatic hydroxyl groups is 1. The molecule has 0 spiro atoms. The number of rotatable bonds is 5. The molecule has 116 valence electrons. The van der Waals surface area contributed by atoms with E-state index in [4.69, 9.17) is 4.42 Å². The minimum Gasteiger partial charge on any atom is -0.466 e. The van der Waals surface area contributed by atoms with E-state index in [1.165, 1.54) is 31.4 Å². The molecule has 1 amide bonds. The first-order valence-electron chi connectivity index (χ1n) is 6.30. The van der Waals surface area contributed by atoms with Crippen LogP contribution in [0.25, 0.3) is 0 Å². The number of nitro groups is 1. The van der Waals surface area contributed by atoms with Gasteiger partial charge in [0, 0.05) is 6.07 Å². The van der Waals surface area contributed by atoms with Crippen molar-refractivity contribution in [3.8, 4) is 0 Å². The third-order valence-electron chi connectivity index (χ3n) is 3.06. The lowest BCUT2D eigenvalue weighted by atomic mass is 10.0. The second-order valence-electron chi connectivity index (χ2n) is 4.83. The van der Waals surface area contributed by atoms with Crippen LogP contribution in [-0.2, 0) is 5.60 Å². The predicted molar refractivity (Wildman–Crippen MR) is 86.4 cm³/mol. The van der Waals surface area contributed by atoms with Crippen molar-refractivity contribution in [1.29, 1.82) is 0 Å². The first-order valence-corrected chi connectivity index (χ1v) is 7.38. The smallest absolute Gasteiger partial charge is 0.283 e. The van der Waals surface area contributed by atoms with E-state index in [1.807, 2.05) is 0 Å². The van der Waals surface area contributed by atoms with E-state index < -0.39 is 16.4 Å². The van der Waals surface area contributed by atoms with Crippen LogP contribution in [-0.4, -0.2) is 22.5 Å². The predicted octanol–water partition coefficient (Wildman–Crippen LogP) is 2.43. The Hall–Kier alpha value is -1.94. The molecule has 2 aromatic rings. The van der Waals surface area contributed by atoms with Crippen molar-refractivity contribution in [2.45, 2.75) is 12.5 Å². The number of furan rings is 1. The van der Waals surface area contributed by atoms with Gasteiger partial charge in [-0.1, -0.05) is 6.07 Å². The molecule has 0 bridgehead atoms. The van der Waals surface area contributed by atoms with E-state index in [2.05, 4.69) is 5.32 Å². The second kappa shape index (κ2) is 6.44. The highest BCUT2D eigenvalue weighted by Gasteiger charge is 2.28. The molecule has 2 N–H and O–H groups in total. The van der Waals surface area contributed by atoms with Crippen LogP contribution in [0.15, 0.2) is 41.0 Å². The fourth-order valence-corrected chi connectivity index (χ4v) is 2.66. The molecule has 8 heteroatoms. The topological polar surface area (TPSA) is 106 Å². The van der Waals surface area contributed by atoms with Gasteiger partial charge in [0.25, 0.3) is 11.6 Å². The minimum absolute atomic E-state index is 0.0852. The van der Waals surface area contributed by atoms with Crippen LogP contribution in [0.3, 0.4) is 0 Å². The molecule has 22 heavy (non-hydrogen) atoms. The molecule has 0 saturated heterocycles. The summed E-state index contributed by atoms with van der Waals surface area (Å²) in [7, 11) is 0. The lowest BCUT2D eigenvalue weighted by Gasteiger charge is -2.21. The van der Waals surface area contributed by atoms with Crippen LogP contribution in [0.2, 0.25) is 0 Å². The molecule has 0 saturated carbocycles. The molecule has 1 heterocycles. The molecule has 1 aromatic heterocycles. The Morgan fingerprint density at radius 3 is 2.77 bits per heavy atom. The quantitative estimate of drug-likeness (QED) is 0.443. The molecule has 0 unspecified atom stereocenters. The average molecular weight is 416 g/mol. The molecular weight excluding hydrogens is 403 g/mol. The lowest BCUT2D eigenvalue weighted by molar-refractivity contribution is -0.385. The van der Waals surface area contributed by atoms with Gasteiger partial charge in [-0.05, 0) is 47.7 Å². The Kier molecular flexibility index (Phi) is 4.81. The summed E-state index contributed by atoms with van der Waals surface area (Å²) in [6, 6.07) is 7.50. The Morgan fingerprint density at radius 2 is 2.18 bits per heavy atom. The van der Waals surface area contributed by atoms with Crippen molar-refractivity contribution >= 4 is 34.2 Å². The maximum atomic E-state index is 12.2. The van der Waals surface area contributed by atoms with Gasteiger partial charge in [-0.25, -0.2) is 0 Å². The van der Waals surface area contributed by atoms with Crippen LogP contribution in [0.5, 0.6) is 0 Å². The first-order chi connectivity index (χ1) is 10.3. The van der Waals surface area contributed by atoms with Gasteiger partial charge in [-0.15, -0.1) is 0 Å². The monoisotopic (exact) mass is 416 g/mol. The molecule has 0 aliphatic rings. The SMILES string of the molecule is C[C@](O)(CNC(=O)c1cccc([N+](=O)[O-])c1I)c1ccco1. The second-order valence-corrected chi connectivity index (χ2v) is 5.91. The van der Waals surface area contributed by atoms with E-state index in [0.717, 1.165) is 0 Å². The molecule has 0 aliphatic heterocycles. The Labute approximate surface area is 139 Å². The molecule has 0 aliphatic carbocycles. The third kappa shape index (κ3) is 3.45. The number of hydrogen-bond acceptors (Lipinski definition) is 5. The summed E-state index contributed by atoms with van der Waals surface area (Å²) in [5.74, 6) is -0.179. The molecule has 1 atom stereocenters. The molecule has 0 radical (unpaired) electrons. The van der Waals surface area contributed by atoms with E-state index in [0.29, 0.717) is 5.76 Å². The number of hydrogen-bond donors (Lipinski definition) is 2. The Morgan fingerprint density at radius 1 is 1.45 bits per heavy atom. The van der Waals surface area contributed by atoms with Gasteiger partial charge in [-0.3, -0.25) is 14.9 Å². The van der Waals surface area contributed by atoms with Crippen molar-refractivity contribution in [2.24, 2.45) is 0 Å². The van der Waals surface area contributed by atoms with Crippen molar-refractivity contribution in [3.05, 3.63) is 61.6 Å². The zero-order valence-electron chi connectivity index (χ0n) is 11.6. The summed E-state index contributed by atoms with van der Waals surface area (Å²) >= 11 is 1.76. The van der Waals surface area contributed by atoms with E-state index in [9.17, 15) is 20.0 Å². The van der Waals surface area contributed by atoms with Crippen LogP contribution < -0.4 is 5.32 Å². The number of nitrogens with zero attached hydrogens (tertiary/aromatic N) is 1. The normalized spacial score (nSPS) is 13.4. The third-order valence-corrected chi connectivity index (χ3v) is 4.20. The largest absolute Gasteiger partial charge is 0.466 e. The summed E-state index contributed by atoms with van der Waals surface area (Å²) in [4.78, 5) is 22.5. The van der Waals surface area contributed by atoms with Crippen LogP contribution >= 0.6 is 22.6 Å². The minimum atomic E-state index is -1.37. The van der Waals surface area contributed by atoms with Crippen molar-refractivity contribution < 1.29 is 19.2 Å². The maximum absolute atomic E-state index is 12.2. The number of nitro benzene ring substituents is 1. The van der Waals surface area contributed by atoms with Gasteiger partial charge < -0.3 is 14.8 Å². The van der Waals surface area contributed by atoms with Crippen LogP contribution in [0, 0.1) is 13.7 Å². The number of carbonyl (C=O) groups excluding carboxylic acids is 1. The molecule has 2 rings (SSSR count). The first kappa shape index (κ1) is 16.4. The number of amides is 1. The molecule has 1 aromatic carbocycles. The standard InChI is InChI=1S/C14H13IN2O5/c1-14(19,11-6-3-7-22-11)8-16-13(18)9-4-2-5-10(12(9)15)17(20)21/h2-7,19H,8H2,1H3,(H,16,18)/t14-/m0/s1. The van der Waals surface area contributed by atoms with Crippen molar-refractivity contribution in [3.63, 3.8) is 0 Å². The summed E-state index contributed by atoms with van der Waals surface area (Å²) in [5.41, 5.74) is -1.32. The highest BCUT2D eigenvalue weighted by atomic mass is 127. The number of benzene rings is 1. The Bertz CT molecular complexity index is 697. The summed E-state index contributed by atoms with van der Waals surface area (Å²) in [5, 5.41) is 23.7. The van der Waals surface area contributed by atoms with E-state index in [1.54, 1.807) is 34.7 Å². The van der Waals surface area contributed by atoms with Gasteiger partial charge >= 0.3 is 0 Å². The van der Waals surface area contributed by atoms with Crippen molar-refractivity contribution in [2.75, 3.05) is 6.54 Å². The van der Waals surface area contributed by atoms with E-state index >= 15 is 0 Å². The number of nitrogens with one attached hydrogen (secondary N) is 1. The van der Waals surface area contributed by atoms with Crippen LogP contribution in [0.4, 0.5) is 5.69 Å². The molecule has 7 nitrogen and oxygen atoms in total. The number of carbonyl (C=O) groups is 1. The van der Waals surface area contributed by atoms with E-state index in [-0.39, 0.29) is 21.4 Å². The molecule has 0 fully saturated rings. The summed E-state index contributed by atoms with van der Waals surface area (Å²) in [6.07, 6.45) is 1.43. The zero-order chi connectivity index (χ0) is 16.3. The fraction of sp³-hybridized carbons (Fsp3) is 0.214. The van der Waals surface area contributed by atoms with Gasteiger partial charge in [0.2, 0.25) is 0 Å². The Balaban J connectivity index is 2.14. The summed E-state index contributed by atoms with van der Waals surface area (Å²) in [6.45, 7) is 1.42. The highest BCUT2D eigenvalue weighted by molar-refractivity contribution is 14.1. The van der Waals surface area contributed by atoms with Gasteiger partial charge in [-0.2, -0.15) is 0 Å². The van der Waals surface area contributed by atoms with Gasteiger partial charge in [0.15, 0.2) is 0 Å². The lowest BCUT2D eigenvalue weighted by Crippen LogP contribution is -2.38. The molecular formula is C14H13IN2O5. The van der Waals surface area contributed by atoms with Gasteiger partial charge in [0.1, 0.15) is 14.9 Å². The average Bonchev–Trinajstić information content (AvgIpc) is 3.00. The zero-order valence-corrected chi connectivity index (χ0v) is 13.7. The number of halogens is 1. The van der Waals surface area contributed by atoms with Gasteiger partial charge in [0.05, 0.1) is 23.3 Å². The highest BCUT2D eigenvalue weighted by Crippen LogP contribution is 2.25. The van der Waals surface area contributed by atoms with Crippen molar-refractivity contribution in [1.82, 2.24) is 5.32 Å².